The third-order valence-corrected chi connectivity index (χ3v) is 2.70. The molecule has 94 valence electrons. The molecule has 1 heterocycles. The molecule has 1 aromatic heterocycles. The zero-order valence-electron chi connectivity index (χ0n) is 9.61. The maximum absolute atomic E-state index is 11.9. The highest BCUT2D eigenvalue weighted by atomic mass is 35.5. The number of carbonyl (C=O) groups is 1. The summed E-state index contributed by atoms with van der Waals surface area (Å²) in [6.07, 6.45) is 1.39. The van der Waals surface area contributed by atoms with Crippen LogP contribution in [-0.4, -0.2) is 10.9 Å². The quantitative estimate of drug-likeness (QED) is 0.879. The van der Waals surface area contributed by atoms with Crippen LogP contribution in [0.4, 0.5) is 5.69 Å². The fourth-order valence-electron chi connectivity index (χ4n) is 1.47. The molecule has 2 aromatic rings. The van der Waals surface area contributed by atoms with Crippen molar-refractivity contribution in [2.45, 2.75) is 0 Å². The molecular weight excluding hydrogens is 266 g/mol. The molecule has 2 N–H and O–H groups in total. The normalized spacial score (nSPS) is 9.68. The fraction of sp³-hybridized carbons (Fsp3) is 0. The summed E-state index contributed by atoms with van der Waals surface area (Å²) in [4.78, 5) is 25.4. The van der Waals surface area contributed by atoms with Gasteiger partial charge in [-0.1, -0.05) is 11.6 Å². The Balaban J connectivity index is 2.22. The average molecular weight is 274 g/mol. The van der Waals surface area contributed by atoms with Gasteiger partial charge < -0.3 is 10.3 Å². The summed E-state index contributed by atoms with van der Waals surface area (Å²) in [5.41, 5.74) is 0.667. The van der Waals surface area contributed by atoms with Gasteiger partial charge in [-0.05, 0) is 24.3 Å². The number of benzene rings is 1. The summed E-state index contributed by atoms with van der Waals surface area (Å²) in [6, 6.07) is 9.16. The average Bonchev–Trinajstić information content (AvgIpc) is 2.39. The molecule has 0 atom stereocenters. The number of nitriles is 1. The Morgan fingerprint density at radius 2 is 2.11 bits per heavy atom. The first-order valence-electron chi connectivity index (χ1n) is 5.30. The zero-order chi connectivity index (χ0) is 13.8. The van der Waals surface area contributed by atoms with E-state index in [4.69, 9.17) is 16.9 Å². The highest BCUT2D eigenvalue weighted by Gasteiger charge is 2.08. The predicted molar refractivity (Wildman–Crippen MR) is 71.2 cm³/mol. The second-order valence-corrected chi connectivity index (χ2v) is 4.11. The number of nitrogens with zero attached hydrogens (tertiary/aromatic N) is 1. The Labute approximate surface area is 113 Å². The minimum atomic E-state index is -0.424. The van der Waals surface area contributed by atoms with Gasteiger partial charge in [-0.15, -0.1) is 0 Å². The third kappa shape index (κ3) is 3.00. The van der Waals surface area contributed by atoms with E-state index in [1.807, 2.05) is 6.07 Å². The van der Waals surface area contributed by atoms with E-state index in [0.717, 1.165) is 0 Å². The van der Waals surface area contributed by atoms with Crippen molar-refractivity contribution in [1.29, 1.82) is 5.26 Å². The lowest BCUT2D eigenvalue weighted by Crippen LogP contribution is -2.15. The molecule has 2 rings (SSSR count). The smallest absolute Gasteiger partial charge is 0.255 e. The summed E-state index contributed by atoms with van der Waals surface area (Å²) in [7, 11) is 0. The number of pyridine rings is 1. The number of nitrogens with one attached hydrogen (secondary N) is 2. The van der Waals surface area contributed by atoms with Gasteiger partial charge in [0.15, 0.2) is 0 Å². The van der Waals surface area contributed by atoms with Crippen LogP contribution < -0.4 is 10.9 Å². The molecule has 6 heteroatoms. The molecule has 0 aliphatic rings. The first-order valence-corrected chi connectivity index (χ1v) is 5.67. The van der Waals surface area contributed by atoms with Crippen molar-refractivity contribution >= 4 is 23.2 Å². The van der Waals surface area contributed by atoms with E-state index in [1.54, 1.807) is 6.07 Å². The molecule has 0 aliphatic heterocycles. The van der Waals surface area contributed by atoms with E-state index in [9.17, 15) is 9.59 Å². The highest BCUT2D eigenvalue weighted by molar-refractivity contribution is 6.32. The lowest BCUT2D eigenvalue weighted by Gasteiger charge is -2.05. The molecule has 0 saturated heterocycles. The van der Waals surface area contributed by atoms with Crippen LogP contribution in [0.2, 0.25) is 5.02 Å². The second kappa shape index (κ2) is 5.38. The SMILES string of the molecule is N#Cc1ccc(NC(=O)c2cc[nH]c(=O)c2)cc1Cl. The van der Waals surface area contributed by atoms with Gasteiger partial charge in [0.05, 0.1) is 10.6 Å². The van der Waals surface area contributed by atoms with Crippen LogP contribution in [-0.2, 0) is 0 Å². The number of hydrogen-bond acceptors (Lipinski definition) is 3. The van der Waals surface area contributed by atoms with E-state index < -0.39 is 5.91 Å². The molecule has 5 nitrogen and oxygen atoms in total. The van der Waals surface area contributed by atoms with Crippen LogP contribution in [0.15, 0.2) is 41.3 Å². The van der Waals surface area contributed by atoms with Gasteiger partial charge in [-0.25, -0.2) is 0 Å². The minimum absolute atomic E-state index is 0.240. The van der Waals surface area contributed by atoms with Crippen LogP contribution in [0, 0.1) is 11.3 Å². The van der Waals surface area contributed by atoms with Gasteiger partial charge in [-0.2, -0.15) is 5.26 Å². The van der Waals surface area contributed by atoms with Crippen molar-refractivity contribution < 1.29 is 4.79 Å². The Morgan fingerprint density at radius 3 is 2.74 bits per heavy atom. The topological polar surface area (TPSA) is 85.8 Å². The molecule has 0 bridgehead atoms. The predicted octanol–water partition coefficient (Wildman–Crippen LogP) is 2.15. The standard InChI is InChI=1S/C13H8ClN3O2/c14-11-6-10(2-1-9(11)7-15)17-13(19)8-3-4-16-12(18)5-8/h1-6H,(H,16,18)(H,17,19). The van der Waals surface area contributed by atoms with Crippen molar-refractivity contribution in [3.8, 4) is 6.07 Å². The number of anilines is 1. The molecular formula is C13H8ClN3O2. The van der Waals surface area contributed by atoms with Gasteiger partial charge in [0.2, 0.25) is 5.56 Å². The lowest BCUT2D eigenvalue weighted by molar-refractivity contribution is 0.102. The summed E-state index contributed by atoms with van der Waals surface area (Å²) < 4.78 is 0. The third-order valence-electron chi connectivity index (χ3n) is 2.38. The van der Waals surface area contributed by atoms with Gasteiger partial charge in [0.25, 0.3) is 5.91 Å². The summed E-state index contributed by atoms with van der Waals surface area (Å²) in [5, 5.41) is 11.6. The van der Waals surface area contributed by atoms with Crippen molar-refractivity contribution in [2.24, 2.45) is 0 Å². The number of aromatic nitrogens is 1. The zero-order valence-corrected chi connectivity index (χ0v) is 10.4. The number of hydrogen-bond donors (Lipinski definition) is 2. The highest BCUT2D eigenvalue weighted by Crippen LogP contribution is 2.20. The molecule has 0 saturated carbocycles. The maximum Gasteiger partial charge on any atom is 0.255 e. The van der Waals surface area contributed by atoms with Crippen LogP contribution in [0.1, 0.15) is 15.9 Å². The van der Waals surface area contributed by atoms with E-state index >= 15 is 0 Å². The molecule has 1 aromatic carbocycles. The molecule has 0 fully saturated rings. The molecule has 0 spiro atoms. The maximum atomic E-state index is 11.9. The number of amides is 1. The van der Waals surface area contributed by atoms with Crippen LogP contribution in [0.25, 0.3) is 0 Å². The van der Waals surface area contributed by atoms with Gasteiger partial charge in [0, 0.05) is 23.5 Å². The van der Waals surface area contributed by atoms with E-state index in [1.165, 1.54) is 30.5 Å². The van der Waals surface area contributed by atoms with Gasteiger partial charge >= 0.3 is 0 Å². The first kappa shape index (κ1) is 12.9. The Morgan fingerprint density at radius 1 is 1.32 bits per heavy atom. The lowest BCUT2D eigenvalue weighted by atomic mass is 10.2. The van der Waals surface area contributed by atoms with E-state index in [2.05, 4.69) is 10.3 Å². The van der Waals surface area contributed by atoms with E-state index in [-0.39, 0.29) is 16.1 Å². The van der Waals surface area contributed by atoms with Crippen molar-refractivity contribution in [2.75, 3.05) is 5.32 Å². The molecule has 0 unspecified atom stereocenters. The molecule has 0 radical (unpaired) electrons. The van der Waals surface area contributed by atoms with Gasteiger partial charge in [-0.3, -0.25) is 9.59 Å². The molecule has 19 heavy (non-hydrogen) atoms. The summed E-state index contributed by atoms with van der Waals surface area (Å²) in [5.74, 6) is -0.424. The van der Waals surface area contributed by atoms with Crippen LogP contribution >= 0.6 is 11.6 Å². The Kier molecular flexibility index (Phi) is 3.64. The largest absolute Gasteiger partial charge is 0.329 e. The minimum Gasteiger partial charge on any atom is -0.329 e. The molecule has 1 amide bonds. The van der Waals surface area contributed by atoms with E-state index in [0.29, 0.717) is 11.3 Å². The summed E-state index contributed by atoms with van der Waals surface area (Å²) >= 11 is 5.86. The number of aromatic amines is 1. The number of halogens is 1. The number of rotatable bonds is 2. The van der Waals surface area contributed by atoms with Gasteiger partial charge in [0.1, 0.15) is 6.07 Å². The van der Waals surface area contributed by atoms with Crippen LogP contribution in [0.5, 0.6) is 0 Å². The Hall–Kier alpha value is -2.58. The Bertz CT molecular complexity index is 731. The number of H-pyrrole nitrogens is 1. The van der Waals surface area contributed by atoms with Crippen LogP contribution in [0.3, 0.4) is 0 Å². The monoisotopic (exact) mass is 273 g/mol. The second-order valence-electron chi connectivity index (χ2n) is 3.70. The first-order chi connectivity index (χ1) is 9.10. The van der Waals surface area contributed by atoms with Crippen molar-refractivity contribution in [3.63, 3.8) is 0 Å². The molecule has 0 aliphatic carbocycles. The fourth-order valence-corrected chi connectivity index (χ4v) is 1.70. The van der Waals surface area contributed by atoms with Crippen molar-refractivity contribution in [1.82, 2.24) is 4.98 Å². The summed E-state index contributed by atoms with van der Waals surface area (Å²) in [6.45, 7) is 0. The van der Waals surface area contributed by atoms with Crippen molar-refractivity contribution in [3.05, 3.63) is 63.0 Å². The number of carbonyl (C=O) groups excluding carboxylic acids is 1.